The number of hydrogen-bond acceptors (Lipinski definition) is 5. The Bertz CT molecular complexity index is 1070. The van der Waals surface area contributed by atoms with Gasteiger partial charge in [0.1, 0.15) is 24.4 Å². The summed E-state index contributed by atoms with van der Waals surface area (Å²) in [7, 11) is 0. The third kappa shape index (κ3) is 6.55. The molecule has 0 saturated carbocycles. The monoisotopic (exact) mass is 504 g/mol. The summed E-state index contributed by atoms with van der Waals surface area (Å²) in [6.07, 6.45) is 2.04. The lowest BCUT2D eigenvalue weighted by Crippen LogP contribution is -2.23. The van der Waals surface area contributed by atoms with Crippen molar-refractivity contribution in [2.45, 2.75) is 65.2 Å². The van der Waals surface area contributed by atoms with Gasteiger partial charge in [0.2, 0.25) is 11.8 Å². The van der Waals surface area contributed by atoms with Crippen LogP contribution < -0.4 is 10.6 Å². The smallest absolute Gasteiger partial charge is 0.243 e. The van der Waals surface area contributed by atoms with Crippen LogP contribution in [0.2, 0.25) is 0 Å². The molecule has 7 nitrogen and oxygen atoms in total. The van der Waals surface area contributed by atoms with E-state index in [2.05, 4.69) is 75.8 Å². The molecule has 2 fully saturated rings. The standard InChI is InChI=1S/C30H36N2O5/c1-7-25(33)31-13-21-9-17(3)27(18(4)10-21)29(23-15-35-23)37-30(24-16-36-24)28-19(5)11-22(12-20(28)6)14-32-26(34)8-2/h7-12,23-24,29-30H,1-2,13-16H2,3-6H3,(H,31,33)(H,32,34). The maximum atomic E-state index is 11.6. The van der Waals surface area contributed by atoms with Gasteiger partial charge in [-0.3, -0.25) is 9.59 Å². The number of nitrogens with one attached hydrogen (secondary N) is 2. The molecule has 0 aromatic heterocycles. The molecule has 2 aromatic rings. The molecule has 0 spiro atoms. The highest BCUT2D eigenvalue weighted by Crippen LogP contribution is 2.44. The molecule has 2 heterocycles. The fourth-order valence-electron chi connectivity index (χ4n) is 5.05. The Hall–Kier alpha value is -3.26. The number of rotatable bonds is 12. The average Bonchev–Trinajstić information content (AvgIpc) is 3.76. The van der Waals surface area contributed by atoms with Crippen molar-refractivity contribution in [1.29, 1.82) is 0 Å². The fraction of sp³-hybridized carbons (Fsp3) is 0.400. The SMILES string of the molecule is C=CC(=O)NCc1cc(C)c(C(OC(c2c(C)cc(CNC(=O)C=C)cc2C)C2CO2)C2CO2)c(C)c1. The molecule has 2 aliphatic rings. The maximum absolute atomic E-state index is 11.6. The lowest BCUT2D eigenvalue weighted by Gasteiger charge is -2.28. The van der Waals surface area contributed by atoms with Gasteiger partial charge in [-0.2, -0.15) is 0 Å². The van der Waals surface area contributed by atoms with Crippen LogP contribution >= 0.6 is 0 Å². The normalized spacial score (nSPS) is 19.5. The fourth-order valence-corrected chi connectivity index (χ4v) is 5.05. The molecule has 4 rings (SSSR count). The first-order chi connectivity index (χ1) is 17.7. The number of benzene rings is 2. The third-order valence-electron chi connectivity index (χ3n) is 6.87. The Morgan fingerprint density at radius 2 is 1.14 bits per heavy atom. The van der Waals surface area contributed by atoms with E-state index in [0.717, 1.165) is 44.5 Å². The Labute approximate surface area is 218 Å². The average molecular weight is 505 g/mol. The molecule has 7 heteroatoms. The zero-order valence-electron chi connectivity index (χ0n) is 22.1. The molecule has 0 radical (unpaired) electrons. The lowest BCUT2D eigenvalue weighted by atomic mass is 9.91. The van der Waals surface area contributed by atoms with Gasteiger partial charge in [0, 0.05) is 13.1 Å². The number of epoxide rings is 2. The number of ether oxygens (including phenoxy) is 3. The van der Waals surface area contributed by atoms with Crippen molar-refractivity contribution in [3.8, 4) is 0 Å². The topological polar surface area (TPSA) is 92.5 Å². The van der Waals surface area contributed by atoms with Gasteiger partial charge in [-0.15, -0.1) is 0 Å². The quantitative estimate of drug-likeness (QED) is 0.335. The van der Waals surface area contributed by atoms with E-state index in [1.807, 2.05) is 0 Å². The van der Waals surface area contributed by atoms with Gasteiger partial charge in [-0.1, -0.05) is 37.4 Å². The molecule has 2 aromatic carbocycles. The first kappa shape index (κ1) is 26.8. The van der Waals surface area contributed by atoms with Crippen molar-refractivity contribution in [2.24, 2.45) is 0 Å². The van der Waals surface area contributed by atoms with Gasteiger partial charge < -0.3 is 24.8 Å². The minimum absolute atomic E-state index is 0.0148. The molecule has 4 atom stereocenters. The summed E-state index contributed by atoms with van der Waals surface area (Å²) in [5, 5.41) is 5.68. The van der Waals surface area contributed by atoms with Crippen molar-refractivity contribution in [2.75, 3.05) is 13.2 Å². The van der Waals surface area contributed by atoms with Crippen LogP contribution in [0, 0.1) is 27.7 Å². The van der Waals surface area contributed by atoms with Gasteiger partial charge in [-0.25, -0.2) is 0 Å². The van der Waals surface area contributed by atoms with Crippen LogP contribution in [-0.2, 0) is 36.9 Å². The Morgan fingerprint density at radius 1 is 0.811 bits per heavy atom. The van der Waals surface area contributed by atoms with Crippen molar-refractivity contribution >= 4 is 11.8 Å². The van der Waals surface area contributed by atoms with Crippen molar-refractivity contribution < 1.29 is 23.8 Å². The zero-order valence-corrected chi connectivity index (χ0v) is 22.1. The predicted molar refractivity (Wildman–Crippen MR) is 142 cm³/mol. The van der Waals surface area contributed by atoms with Gasteiger partial charge in [0.25, 0.3) is 0 Å². The minimum Gasteiger partial charge on any atom is -0.370 e. The number of amides is 2. The van der Waals surface area contributed by atoms with Gasteiger partial charge >= 0.3 is 0 Å². The first-order valence-corrected chi connectivity index (χ1v) is 12.6. The molecule has 2 amide bonds. The van der Waals surface area contributed by atoms with E-state index < -0.39 is 0 Å². The van der Waals surface area contributed by atoms with Crippen LogP contribution in [0.15, 0.2) is 49.6 Å². The summed E-state index contributed by atoms with van der Waals surface area (Å²) in [6.45, 7) is 17.5. The molecule has 37 heavy (non-hydrogen) atoms. The summed E-state index contributed by atoms with van der Waals surface area (Å²) in [4.78, 5) is 23.2. The van der Waals surface area contributed by atoms with Crippen LogP contribution in [-0.4, -0.2) is 37.2 Å². The number of carbonyl (C=O) groups excluding carboxylic acids is 2. The van der Waals surface area contributed by atoms with E-state index in [1.54, 1.807) is 0 Å². The van der Waals surface area contributed by atoms with E-state index >= 15 is 0 Å². The highest BCUT2D eigenvalue weighted by molar-refractivity contribution is 5.87. The molecule has 2 N–H and O–H groups in total. The first-order valence-electron chi connectivity index (χ1n) is 12.6. The molecule has 2 aliphatic heterocycles. The Morgan fingerprint density at radius 3 is 1.41 bits per heavy atom. The van der Waals surface area contributed by atoms with Crippen molar-refractivity contribution in [3.05, 3.63) is 94.1 Å². The van der Waals surface area contributed by atoms with E-state index in [-0.39, 0.29) is 36.2 Å². The summed E-state index contributed by atoms with van der Waals surface area (Å²) in [5.74, 6) is -0.391. The van der Waals surface area contributed by atoms with Gasteiger partial charge in [0.05, 0.1) is 13.2 Å². The summed E-state index contributed by atoms with van der Waals surface area (Å²) < 4.78 is 18.4. The van der Waals surface area contributed by atoms with Crippen LogP contribution in [0.25, 0.3) is 0 Å². The van der Waals surface area contributed by atoms with Gasteiger partial charge in [-0.05, 0) is 84.4 Å². The second-order valence-corrected chi connectivity index (χ2v) is 9.85. The van der Waals surface area contributed by atoms with Crippen LogP contribution in [0.3, 0.4) is 0 Å². The van der Waals surface area contributed by atoms with E-state index in [4.69, 9.17) is 14.2 Å². The molecule has 2 saturated heterocycles. The number of hydrogen-bond donors (Lipinski definition) is 2. The Kier molecular flexibility index (Phi) is 8.27. The van der Waals surface area contributed by atoms with E-state index in [1.165, 1.54) is 12.2 Å². The van der Waals surface area contributed by atoms with Crippen molar-refractivity contribution in [1.82, 2.24) is 10.6 Å². The number of aryl methyl sites for hydroxylation is 4. The second kappa shape index (κ2) is 11.4. The van der Waals surface area contributed by atoms with E-state index in [9.17, 15) is 9.59 Å². The molecule has 0 bridgehead atoms. The van der Waals surface area contributed by atoms with Crippen molar-refractivity contribution in [3.63, 3.8) is 0 Å². The molecule has 0 aliphatic carbocycles. The predicted octanol–water partition coefficient (Wildman–Crippen LogP) is 4.12. The van der Waals surface area contributed by atoms with E-state index in [0.29, 0.717) is 26.3 Å². The Balaban J connectivity index is 1.60. The van der Waals surface area contributed by atoms with Crippen LogP contribution in [0.4, 0.5) is 0 Å². The lowest BCUT2D eigenvalue weighted by molar-refractivity contribution is -0.117. The largest absolute Gasteiger partial charge is 0.370 e. The molecule has 196 valence electrons. The molecular weight excluding hydrogens is 468 g/mol. The highest BCUT2D eigenvalue weighted by atomic mass is 16.6. The summed E-state index contributed by atoms with van der Waals surface area (Å²) >= 11 is 0. The highest BCUT2D eigenvalue weighted by Gasteiger charge is 2.43. The summed E-state index contributed by atoms with van der Waals surface area (Å²) in [5.41, 5.74) is 8.67. The second-order valence-electron chi connectivity index (χ2n) is 9.85. The van der Waals surface area contributed by atoms with Crippen LogP contribution in [0.1, 0.15) is 56.7 Å². The molecule has 4 unspecified atom stereocenters. The zero-order chi connectivity index (χ0) is 26.7. The van der Waals surface area contributed by atoms with Crippen LogP contribution in [0.5, 0.6) is 0 Å². The summed E-state index contributed by atoms with van der Waals surface area (Å²) in [6, 6.07) is 8.37. The van der Waals surface area contributed by atoms with Gasteiger partial charge in [0.15, 0.2) is 0 Å². The number of carbonyl (C=O) groups is 2. The molecular formula is C30H36N2O5. The minimum atomic E-state index is -0.239. The third-order valence-corrected chi connectivity index (χ3v) is 6.87. The maximum Gasteiger partial charge on any atom is 0.243 e.